The first-order chi connectivity index (χ1) is 9.06. The summed E-state index contributed by atoms with van der Waals surface area (Å²) in [4.78, 5) is 14.3. The molecule has 1 aliphatic carbocycles. The van der Waals surface area contributed by atoms with Gasteiger partial charge in [0.25, 0.3) is 5.91 Å². The number of ether oxygens (including phenoxy) is 1. The number of aromatic nitrogens is 2. The number of hydrogen-bond donors (Lipinski definition) is 2. The number of amides is 1. The first-order valence-corrected chi connectivity index (χ1v) is 6.84. The highest BCUT2D eigenvalue weighted by Gasteiger charge is 2.33. The third-order valence-corrected chi connectivity index (χ3v) is 3.73. The predicted octanol–water partition coefficient (Wildman–Crippen LogP) is 1.12. The Morgan fingerprint density at radius 3 is 2.58 bits per heavy atom. The Morgan fingerprint density at radius 2 is 2.00 bits per heavy atom. The van der Waals surface area contributed by atoms with Crippen molar-refractivity contribution in [2.45, 2.75) is 44.8 Å². The average Bonchev–Trinajstić information content (AvgIpc) is 3.11. The lowest BCUT2D eigenvalue weighted by atomic mass is 10.2. The number of H-pyrrole nitrogens is 1. The van der Waals surface area contributed by atoms with Crippen molar-refractivity contribution in [1.82, 2.24) is 15.1 Å². The molecule has 1 aromatic heterocycles. The van der Waals surface area contributed by atoms with Crippen LogP contribution in [0.5, 0.6) is 0 Å². The topological polar surface area (TPSA) is 84.2 Å². The van der Waals surface area contributed by atoms with E-state index in [1.807, 2.05) is 13.8 Å². The van der Waals surface area contributed by atoms with Gasteiger partial charge in [0, 0.05) is 19.0 Å². The van der Waals surface area contributed by atoms with E-state index in [0.29, 0.717) is 30.4 Å². The van der Waals surface area contributed by atoms with Crippen LogP contribution >= 0.6 is 0 Å². The number of aromatic amines is 1. The van der Waals surface area contributed by atoms with E-state index in [2.05, 4.69) is 10.2 Å². The molecule has 0 aromatic carbocycles. The maximum Gasteiger partial charge on any atom is 0.276 e. The standard InChI is InChI=1S/C13H20N4O2/c1-7-5-17(6-8(2)19-7)13(18)12-10(14)11(15-16-12)9-3-4-9/h7-9H,3-6,14H2,1-2H3,(H,15,16). The van der Waals surface area contributed by atoms with Gasteiger partial charge in [-0.1, -0.05) is 0 Å². The van der Waals surface area contributed by atoms with Crippen molar-refractivity contribution in [3.8, 4) is 0 Å². The average molecular weight is 264 g/mol. The minimum Gasteiger partial charge on any atom is -0.395 e. The number of carbonyl (C=O) groups excluding carboxylic acids is 1. The van der Waals surface area contributed by atoms with Gasteiger partial charge in [-0.3, -0.25) is 9.89 Å². The number of morpholine rings is 1. The van der Waals surface area contributed by atoms with Crippen molar-refractivity contribution in [2.75, 3.05) is 18.8 Å². The minimum atomic E-state index is -0.0948. The second-order valence-corrected chi connectivity index (χ2v) is 5.64. The Balaban J connectivity index is 1.79. The summed E-state index contributed by atoms with van der Waals surface area (Å²) in [7, 11) is 0. The zero-order valence-corrected chi connectivity index (χ0v) is 11.3. The van der Waals surface area contributed by atoms with Gasteiger partial charge in [-0.05, 0) is 26.7 Å². The number of hydrogen-bond acceptors (Lipinski definition) is 4. The zero-order valence-electron chi connectivity index (χ0n) is 11.3. The molecule has 2 aliphatic rings. The molecule has 2 heterocycles. The molecule has 3 N–H and O–H groups in total. The lowest BCUT2D eigenvalue weighted by Gasteiger charge is -2.34. The van der Waals surface area contributed by atoms with Crippen molar-refractivity contribution in [1.29, 1.82) is 0 Å². The second-order valence-electron chi connectivity index (χ2n) is 5.64. The van der Waals surface area contributed by atoms with Crippen molar-refractivity contribution in [2.24, 2.45) is 0 Å². The molecule has 19 heavy (non-hydrogen) atoms. The number of anilines is 1. The fourth-order valence-corrected chi connectivity index (χ4v) is 2.70. The number of nitrogens with zero attached hydrogens (tertiary/aromatic N) is 2. The van der Waals surface area contributed by atoms with E-state index in [1.54, 1.807) is 4.90 Å². The molecule has 6 heteroatoms. The molecule has 2 unspecified atom stereocenters. The molecule has 1 saturated carbocycles. The summed E-state index contributed by atoms with van der Waals surface area (Å²) < 4.78 is 5.63. The molecule has 6 nitrogen and oxygen atoms in total. The van der Waals surface area contributed by atoms with E-state index in [4.69, 9.17) is 10.5 Å². The third kappa shape index (κ3) is 2.32. The molecule has 104 valence electrons. The Morgan fingerprint density at radius 1 is 1.37 bits per heavy atom. The van der Waals surface area contributed by atoms with Crippen LogP contribution in [0.3, 0.4) is 0 Å². The van der Waals surface area contributed by atoms with E-state index >= 15 is 0 Å². The highest BCUT2D eigenvalue weighted by atomic mass is 16.5. The first kappa shape index (κ1) is 12.5. The molecule has 0 bridgehead atoms. The van der Waals surface area contributed by atoms with E-state index in [-0.39, 0.29) is 18.1 Å². The van der Waals surface area contributed by atoms with Crippen LogP contribution in [0.1, 0.15) is 48.8 Å². The molecule has 0 spiro atoms. The molecule has 2 fully saturated rings. The van der Waals surface area contributed by atoms with Crippen LogP contribution in [0.2, 0.25) is 0 Å². The van der Waals surface area contributed by atoms with Gasteiger partial charge in [0.05, 0.1) is 23.6 Å². The maximum atomic E-state index is 12.5. The van der Waals surface area contributed by atoms with Gasteiger partial charge in [-0.2, -0.15) is 5.10 Å². The van der Waals surface area contributed by atoms with Gasteiger partial charge in [0.1, 0.15) is 0 Å². The summed E-state index contributed by atoms with van der Waals surface area (Å²) in [5.41, 5.74) is 7.87. The van der Waals surface area contributed by atoms with Gasteiger partial charge in [-0.15, -0.1) is 0 Å². The summed E-state index contributed by atoms with van der Waals surface area (Å²) >= 11 is 0. The summed E-state index contributed by atoms with van der Waals surface area (Å²) in [5, 5.41) is 7.04. The maximum absolute atomic E-state index is 12.5. The SMILES string of the molecule is CC1CN(C(=O)c2n[nH]c(C3CC3)c2N)CC(C)O1. The number of nitrogens with two attached hydrogens (primary N) is 1. The van der Waals surface area contributed by atoms with Crippen LogP contribution in [0, 0.1) is 0 Å². The van der Waals surface area contributed by atoms with Crippen molar-refractivity contribution >= 4 is 11.6 Å². The lowest BCUT2D eigenvalue weighted by Crippen LogP contribution is -2.48. The Labute approximate surface area is 112 Å². The van der Waals surface area contributed by atoms with E-state index < -0.39 is 0 Å². The highest BCUT2D eigenvalue weighted by Crippen LogP contribution is 2.42. The Hall–Kier alpha value is -1.56. The number of nitrogen functional groups attached to an aromatic ring is 1. The van der Waals surface area contributed by atoms with Gasteiger partial charge in [-0.25, -0.2) is 0 Å². The van der Waals surface area contributed by atoms with E-state index in [0.717, 1.165) is 18.5 Å². The number of rotatable bonds is 2. The summed E-state index contributed by atoms with van der Waals surface area (Å²) in [5.74, 6) is 0.374. The molecule has 2 atom stereocenters. The molecular formula is C13H20N4O2. The lowest BCUT2D eigenvalue weighted by molar-refractivity contribution is -0.0587. The molecule has 1 aliphatic heterocycles. The molecular weight excluding hydrogens is 244 g/mol. The largest absolute Gasteiger partial charge is 0.395 e. The molecule has 1 saturated heterocycles. The van der Waals surface area contributed by atoms with E-state index in [1.165, 1.54) is 0 Å². The minimum absolute atomic E-state index is 0.0516. The summed E-state index contributed by atoms with van der Waals surface area (Å²) in [6.45, 7) is 5.13. The smallest absolute Gasteiger partial charge is 0.276 e. The quantitative estimate of drug-likeness (QED) is 0.838. The Kier molecular flexibility index (Phi) is 2.97. The van der Waals surface area contributed by atoms with E-state index in [9.17, 15) is 4.79 Å². The monoisotopic (exact) mass is 264 g/mol. The molecule has 0 radical (unpaired) electrons. The zero-order chi connectivity index (χ0) is 13.6. The number of nitrogens with one attached hydrogen (secondary N) is 1. The fourth-order valence-electron chi connectivity index (χ4n) is 2.70. The van der Waals surface area contributed by atoms with Crippen molar-refractivity contribution in [3.05, 3.63) is 11.4 Å². The second kappa shape index (κ2) is 4.52. The predicted molar refractivity (Wildman–Crippen MR) is 70.9 cm³/mol. The van der Waals surface area contributed by atoms with Crippen LogP contribution in [-0.2, 0) is 4.74 Å². The van der Waals surface area contributed by atoms with Crippen LogP contribution in [0.25, 0.3) is 0 Å². The fraction of sp³-hybridized carbons (Fsp3) is 0.692. The first-order valence-electron chi connectivity index (χ1n) is 6.84. The molecule has 3 rings (SSSR count). The van der Waals surface area contributed by atoms with Gasteiger partial charge >= 0.3 is 0 Å². The Bertz CT molecular complexity index is 485. The third-order valence-electron chi connectivity index (χ3n) is 3.73. The summed E-state index contributed by atoms with van der Waals surface area (Å²) in [6.07, 6.45) is 2.36. The van der Waals surface area contributed by atoms with Crippen molar-refractivity contribution < 1.29 is 9.53 Å². The van der Waals surface area contributed by atoms with Crippen molar-refractivity contribution in [3.63, 3.8) is 0 Å². The van der Waals surface area contributed by atoms with Crippen LogP contribution in [-0.4, -0.2) is 46.3 Å². The molecule has 1 aromatic rings. The van der Waals surface area contributed by atoms with Gasteiger partial charge in [0.15, 0.2) is 5.69 Å². The highest BCUT2D eigenvalue weighted by molar-refractivity contribution is 5.97. The number of carbonyl (C=O) groups is 1. The van der Waals surface area contributed by atoms with Crippen LogP contribution < -0.4 is 5.73 Å². The van der Waals surface area contributed by atoms with Crippen LogP contribution in [0.4, 0.5) is 5.69 Å². The molecule has 1 amide bonds. The van der Waals surface area contributed by atoms with Gasteiger partial charge in [0.2, 0.25) is 0 Å². The summed E-state index contributed by atoms with van der Waals surface area (Å²) in [6, 6.07) is 0. The van der Waals surface area contributed by atoms with Crippen LogP contribution in [0.15, 0.2) is 0 Å². The normalized spacial score (nSPS) is 27.6. The van der Waals surface area contributed by atoms with Gasteiger partial charge < -0.3 is 15.4 Å².